The number of aromatic nitrogens is 5. The molecular weight excluding hydrogens is 410 g/mol. The second-order valence-corrected chi connectivity index (χ2v) is 7.87. The van der Waals surface area contributed by atoms with E-state index in [9.17, 15) is 0 Å². The van der Waals surface area contributed by atoms with Crippen LogP contribution >= 0.6 is 23.4 Å². The van der Waals surface area contributed by atoms with E-state index in [1.54, 1.807) is 31.3 Å². The van der Waals surface area contributed by atoms with Crippen molar-refractivity contribution in [3.05, 3.63) is 53.6 Å². The molecule has 7 nitrogen and oxygen atoms in total. The van der Waals surface area contributed by atoms with Gasteiger partial charge in [0.05, 0.1) is 17.6 Å². The van der Waals surface area contributed by atoms with Crippen molar-refractivity contribution in [1.82, 2.24) is 24.7 Å². The number of pyridine rings is 1. The van der Waals surface area contributed by atoms with E-state index in [1.165, 1.54) is 0 Å². The molecule has 0 atom stereocenters. The largest absolute Gasteiger partial charge is 0.383 e. The van der Waals surface area contributed by atoms with Gasteiger partial charge in [0.15, 0.2) is 5.16 Å². The SMILES string of the molecule is COCCn1c(SCCCc2nc(-c3ccncc3)no2)nc2cc(Cl)ccc21. The Morgan fingerprint density at radius 1 is 1.17 bits per heavy atom. The molecule has 3 aromatic heterocycles. The third-order valence-corrected chi connectivity index (χ3v) is 5.66. The highest BCUT2D eigenvalue weighted by atomic mass is 35.5. The third kappa shape index (κ3) is 4.77. The number of fused-ring (bicyclic) bond motifs is 1. The van der Waals surface area contributed by atoms with Crippen molar-refractivity contribution >= 4 is 34.4 Å². The van der Waals surface area contributed by atoms with Gasteiger partial charge in [0.25, 0.3) is 0 Å². The van der Waals surface area contributed by atoms with Gasteiger partial charge >= 0.3 is 0 Å². The van der Waals surface area contributed by atoms with E-state index in [2.05, 4.69) is 19.7 Å². The molecule has 0 amide bonds. The summed E-state index contributed by atoms with van der Waals surface area (Å²) in [6.45, 7) is 1.37. The number of nitrogens with zero attached hydrogens (tertiary/aromatic N) is 5. The Balaban J connectivity index is 1.38. The molecule has 4 rings (SSSR count). The van der Waals surface area contributed by atoms with Crippen molar-refractivity contribution in [1.29, 1.82) is 0 Å². The maximum atomic E-state index is 6.12. The molecule has 1 aromatic carbocycles. The van der Waals surface area contributed by atoms with Crippen molar-refractivity contribution in [2.75, 3.05) is 19.5 Å². The minimum absolute atomic E-state index is 0.591. The Labute approximate surface area is 177 Å². The van der Waals surface area contributed by atoms with Gasteiger partial charge in [-0.2, -0.15) is 4.98 Å². The lowest BCUT2D eigenvalue weighted by Gasteiger charge is -2.08. The number of thioether (sulfide) groups is 1. The number of ether oxygens (including phenoxy) is 1. The third-order valence-electron chi connectivity index (χ3n) is 4.37. The lowest BCUT2D eigenvalue weighted by atomic mass is 10.2. The first-order valence-electron chi connectivity index (χ1n) is 9.25. The van der Waals surface area contributed by atoms with Gasteiger partial charge in [-0.05, 0) is 36.8 Å². The summed E-state index contributed by atoms with van der Waals surface area (Å²) in [6, 6.07) is 9.51. The highest BCUT2D eigenvalue weighted by molar-refractivity contribution is 7.99. The summed E-state index contributed by atoms with van der Waals surface area (Å²) in [7, 11) is 1.70. The summed E-state index contributed by atoms with van der Waals surface area (Å²) in [6.07, 6.45) is 5.04. The number of rotatable bonds is 9. The number of aryl methyl sites for hydroxylation is 1. The van der Waals surface area contributed by atoms with Crippen LogP contribution < -0.4 is 0 Å². The number of hydrogen-bond acceptors (Lipinski definition) is 7. The fourth-order valence-electron chi connectivity index (χ4n) is 2.95. The molecule has 0 aliphatic heterocycles. The van der Waals surface area contributed by atoms with E-state index in [0.29, 0.717) is 23.3 Å². The number of imidazole rings is 1. The molecule has 4 aromatic rings. The molecule has 29 heavy (non-hydrogen) atoms. The second kappa shape index (κ2) is 9.39. The zero-order chi connectivity index (χ0) is 20.1. The van der Waals surface area contributed by atoms with Gasteiger partial charge in [0.2, 0.25) is 11.7 Å². The van der Waals surface area contributed by atoms with Gasteiger partial charge in [-0.1, -0.05) is 28.5 Å². The summed E-state index contributed by atoms with van der Waals surface area (Å²) in [4.78, 5) is 13.2. The van der Waals surface area contributed by atoms with Gasteiger partial charge in [-0.25, -0.2) is 4.98 Å². The minimum Gasteiger partial charge on any atom is -0.383 e. The predicted molar refractivity (Wildman–Crippen MR) is 113 cm³/mol. The fraction of sp³-hybridized carbons (Fsp3) is 0.300. The zero-order valence-corrected chi connectivity index (χ0v) is 17.5. The van der Waals surface area contributed by atoms with E-state index < -0.39 is 0 Å². The van der Waals surface area contributed by atoms with Crippen LogP contribution in [0.2, 0.25) is 5.02 Å². The molecule has 0 radical (unpaired) electrons. The topological polar surface area (TPSA) is 78.9 Å². The maximum Gasteiger partial charge on any atom is 0.226 e. The average Bonchev–Trinajstić information content (AvgIpc) is 3.34. The minimum atomic E-state index is 0.591. The zero-order valence-electron chi connectivity index (χ0n) is 15.9. The Bertz CT molecular complexity index is 1080. The van der Waals surface area contributed by atoms with Crippen molar-refractivity contribution < 1.29 is 9.26 Å². The van der Waals surface area contributed by atoms with Crippen molar-refractivity contribution in [2.45, 2.75) is 24.5 Å². The van der Waals surface area contributed by atoms with Gasteiger partial charge in [0, 0.05) is 48.8 Å². The Kier molecular flexibility index (Phi) is 6.43. The monoisotopic (exact) mass is 429 g/mol. The summed E-state index contributed by atoms with van der Waals surface area (Å²) in [5.41, 5.74) is 2.86. The van der Waals surface area contributed by atoms with E-state index in [4.69, 9.17) is 25.8 Å². The first kappa shape index (κ1) is 19.9. The number of benzene rings is 1. The number of methoxy groups -OCH3 is 1. The molecule has 0 aliphatic rings. The van der Waals surface area contributed by atoms with Crippen molar-refractivity contribution in [2.24, 2.45) is 0 Å². The lowest BCUT2D eigenvalue weighted by molar-refractivity contribution is 0.186. The highest BCUT2D eigenvalue weighted by Crippen LogP contribution is 2.27. The number of halogens is 1. The molecule has 3 heterocycles. The van der Waals surface area contributed by atoms with E-state index in [-0.39, 0.29) is 0 Å². The van der Waals surface area contributed by atoms with Crippen molar-refractivity contribution in [3.63, 3.8) is 0 Å². The molecular formula is C20H20ClN5O2S. The average molecular weight is 430 g/mol. The van der Waals surface area contributed by atoms with Crippen LogP contribution in [0.4, 0.5) is 0 Å². The normalized spacial score (nSPS) is 11.4. The van der Waals surface area contributed by atoms with Crippen LogP contribution in [-0.4, -0.2) is 44.1 Å². The van der Waals surface area contributed by atoms with Crippen LogP contribution in [0.25, 0.3) is 22.4 Å². The molecule has 0 saturated carbocycles. The molecule has 0 bridgehead atoms. The molecule has 0 fully saturated rings. The summed E-state index contributed by atoms with van der Waals surface area (Å²) in [5.74, 6) is 2.11. The first-order chi connectivity index (χ1) is 14.2. The summed E-state index contributed by atoms with van der Waals surface area (Å²) in [5, 5.41) is 5.69. The standard InChI is InChI=1S/C20H20ClN5O2S/c1-27-11-10-26-17-5-4-15(21)13-16(17)23-20(26)29-12-2-3-18-24-19(25-28-18)14-6-8-22-9-7-14/h4-9,13H,2-3,10-12H2,1H3. The van der Waals surface area contributed by atoms with E-state index >= 15 is 0 Å². The quantitative estimate of drug-likeness (QED) is 0.286. The second-order valence-electron chi connectivity index (χ2n) is 6.37. The summed E-state index contributed by atoms with van der Waals surface area (Å²) < 4.78 is 12.8. The van der Waals surface area contributed by atoms with Gasteiger partial charge in [-0.3, -0.25) is 4.98 Å². The van der Waals surface area contributed by atoms with Crippen LogP contribution in [0.5, 0.6) is 0 Å². The Morgan fingerprint density at radius 3 is 2.86 bits per heavy atom. The Morgan fingerprint density at radius 2 is 2.03 bits per heavy atom. The van der Waals surface area contributed by atoms with E-state index in [1.807, 2.05) is 30.3 Å². The fourth-order valence-corrected chi connectivity index (χ4v) is 4.10. The molecule has 0 spiro atoms. The van der Waals surface area contributed by atoms with Gasteiger partial charge in [0.1, 0.15) is 0 Å². The Hall–Kier alpha value is -2.42. The van der Waals surface area contributed by atoms with Crippen LogP contribution in [-0.2, 0) is 17.7 Å². The molecule has 0 N–H and O–H groups in total. The lowest BCUT2D eigenvalue weighted by Crippen LogP contribution is -2.05. The van der Waals surface area contributed by atoms with Gasteiger partial charge in [-0.15, -0.1) is 0 Å². The molecule has 0 saturated heterocycles. The van der Waals surface area contributed by atoms with Crippen LogP contribution in [0.3, 0.4) is 0 Å². The molecule has 0 unspecified atom stereocenters. The smallest absolute Gasteiger partial charge is 0.226 e. The molecule has 0 aliphatic carbocycles. The first-order valence-corrected chi connectivity index (χ1v) is 10.6. The van der Waals surface area contributed by atoms with Crippen molar-refractivity contribution in [3.8, 4) is 11.4 Å². The van der Waals surface area contributed by atoms with Crippen LogP contribution in [0.1, 0.15) is 12.3 Å². The molecule has 150 valence electrons. The number of hydrogen-bond donors (Lipinski definition) is 0. The predicted octanol–water partition coefficient (Wildman–Crippen LogP) is 4.51. The highest BCUT2D eigenvalue weighted by Gasteiger charge is 2.13. The van der Waals surface area contributed by atoms with Gasteiger partial charge < -0.3 is 13.8 Å². The van der Waals surface area contributed by atoms with E-state index in [0.717, 1.165) is 46.9 Å². The maximum absolute atomic E-state index is 6.12. The summed E-state index contributed by atoms with van der Waals surface area (Å²) >= 11 is 7.82. The van der Waals surface area contributed by atoms with Crippen LogP contribution in [0.15, 0.2) is 52.4 Å². The van der Waals surface area contributed by atoms with Crippen LogP contribution in [0, 0.1) is 0 Å². The molecule has 9 heteroatoms.